The fourth-order valence-electron chi connectivity index (χ4n) is 7.39. The van der Waals surface area contributed by atoms with Crippen LogP contribution in [0.4, 0.5) is 0 Å². The SMILES string of the molecule is c1ccc(-c2cc(-c3cccc(-c4cccc(-c5ccc(-c6ccc(-c7nc8ccccc8n7-c7ccccc7)nc6)cc5)c4)c3)nc(-c3ccccc3)n2)cc1. The van der Waals surface area contributed by atoms with Crippen LogP contribution in [0.1, 0.15) is 0 Å². The van der Waals surface area contributed by atoms with E-state index in [1.165, 1.54) is 0 Å². The third-order valence-corrected chi connectivity index (χ3v) is 10.3. The van der Waals surface area contributed by atoms with E-state index in [9.17, 15) is 0 Å². The van der Waals surface area contributed by atoms with Crippen molar-refractivity contribution < 1.29 is 0 Å². The summed E-state index contributed by atoms with van der Waals surface area (Å²) in [4.78, 5) is 19.9. The van der Waals surface area contributed by atoms with Crippen molar-refractivity contribution in [1.29, 1.82) is 0 Å². The highest BCUT2D eigenvalue weighted by atomic mass is 15.1. The standard InChI is InChI=1S/C52H35N5/c1-4-14-38(15-5-1)48-34-49(55-51(54-48)39-16-6-2-7-17-39)43-21-13-20-42(33-43)41-19-12-18-40(32-41)36-26-28-37(29-27-36)44-30-31-47(53-35-44)52-56-46-24-10-11-25-50(46)57(52)45-22-8-3-9-23-45/h1-35H. The molecule has 10 aromatic rings. The highest BCUT2D eigenvalue weighted by molar-refractivity contribution is 5.83. The molecule has 0 saturated heterocycles. The third-order valence-electron chi connectivity index (χ3n) is 10.3. The number of imidazole rings is 1. The monoisotopic (exact) mass is 729 g/mol. The zero-order valence-corrected chi connectivity index (χ0v) is 30.9. The molecular weight excluding hydrogens is 695 g/mol. The Kier molecular flexibility index (Phi) is 8.78. The summed E-state index contributed by atoms with van der Waals surface area (Å²) in [5, 5.41) is 0. The lowest BCUT2D eigenvalue weighted by Crippen LogP contribution is -1.98. The molecule has 3 heterocycles. The summed E-state index contributed by atoms with van der Waals surface area (Å²) in [5.41, 5.74) is 15.4. The molecule has 0 aliphatic rings. The maximum atomic E-state index is 5.06. The van der Waals surface area contributed by atoms with E-state index in [1.54, 1.807) is 0 Å². The molecule has 0 unspecified atom stereocenters. The third kappa shape index (κ3) is 6.79. The highest BCUT2D eigenvalue weighted by Gasteiger charge is 2.16. The first-order valence-corrected chi connectivity index (χ1v) is 19.0. The molecular formula is C52H35N5. The van der Waals surface area contributed by atoms with Gasteiger partial charge in [-0.05, 0) is 76.3 Å². The summed E-state index contributed by atoms with van der Waals surface area (Å²) < 4.78 is 2.18. The summed E-state index contributed by atoms with van der Waals surface area (Å²) in [6.07, 6.45) is 1.94. The fourth-order valence-corrected chi connectivity index (χ4v) is 7.39. The van der Waals surface area contributed by atoms with Crippen LogP contribution in [0.3, 0.4) is 0 Å². The molecule has 0 fully saturated rings. The molecule has 3 aromatic heterocycles. The summed E-state index contributed by atoms with van der Waals surface area (Å²) in [6.45, 7) is 0. The van der Waals surface area contributed by atoms with Crippen LogP contribution in [0.15, 0.2) is 212 Å². The van der Waals surface area contributed by atoms with Gasteiger partial charge in [-0.15, -0.1) is 0 Å². The van der Waals surface area contributed by atoms with E-state index in [4.69, 9.17) is 19.9 Å². The average molecular weight is 730 g/mol. The van der Waals surface area contributed by atoms with Gasteiger partial charge in [0.2, 0.25) is 0 Å². The minimum absolute atomic E-state index is 0.707. The number of benzene rings is 7. The van der Waals surface area contributed by atoms with E-state index < -0.39 is 0 Å². The van der Waals surface area contributed by atoms with Crippen LogP contribution >= 0.6 is 0 Å². The topological polar surface area (TPSA) is 56.5 Å². The molecule has 0 saturated carbocycles. The van der Waals surface area contributed by atoms with E-state index in [0.717, 1.165) is 89.7 Å². The Morgan fingerprint density at radius 2 is 0.825 bits per heavy atom. The summed E-state index contributed by atoms with van der Waals surface area (Å²) in [6, 6.07) is 71.3. The molecule has 5 heteroatoms. The molecule has 0 N–H and O–H groups in total. The zero-order chi connectivity index (χ0) is 38.0. The number of fused-ring (bicyclic) bond motifs is 1. The smallest absolute Gasteiger partial charge is 0.164 e. The summed E-state index contributed by atoms with van der Waals surface area (Å²) in [7, 11) is 0. The van der Waals surface area contributed by atoms with Gasteiger partial charge in [0.15, 0.2) is 11.6 Å². The molecule has 0 radical (unpaired) electrons. The minimum Gasteiger partial charge on any atom is -0.291 e. The maximum absolute atomic E-state index is 5.06. The number of pyridine rings is 1. The molecule has 0 spiro atoms. The van der Waals surface area contributed by atoms with Crippen LogP contribution in [0.25, 0.3) is 95.5 Å². The second-order valence-corrected chi connectivity index (χ2v) is 14.0. The Bertz CT molecular complexity index is 2920. The predicted molar refractivity (Wildman–Crippen MR) is 233 cm³/mol. The molecule has 57 heavy (non-hydrogen) atoms. The van der Waals surface area contributed by atoms with Crippen molar-refractivity contribution in [3.63, 3.8) is 0 Å². The van der Waals surface area contributed by atoms with Gasteiger partial charge in [0, 0.05) is 34.1 Å². The summed E-state index contributed by atoms with van der Waals surface area (Å²) in [5.74, 6) is 1.53. The molecule has 7 aromatic carbocycles. The largest absolute Gasteiger partial charge is 0.291 e. The normalized spacial score (nSPS) is 11.2. The van der Waals surface area contributed by atoms with Crippen LogP contribution in [0, 0.1) is 0 Å². The Labute approximate surface area is 331 Å². The molecule has 0 amide bonds. The first kappa shape index (κ1) is 33.8. The van der Waals surface area contributed by atoms with E-state index in [1.807, 2.05) is 79.0 Å². The van der Waals surface area contributed by atoms with Crippen molar-refractivity contribution >= 4 is 11.0 Å². The van der Waals surface area contributed by atoms with Crippen molar-refractivity contribution in [2.45, 2.75) is 0 Å². The number of hydrogen-bond donors (Lipinski definition) is 0. The molecule has 5 nitrogen and oxygen atoms in total. The van der Waals surface area contributed by atoms with Gasteiger partial charge in [-0.1, -0.05) is 158 Å². The lowest BCUT2D eigenvalue weighted by molar-refractivity contribution is 1.08. The van der Waals surface area contributed by atoms with Crippen molar-refractivity contribution in [3.05, 3.63) is 212 Å². The Balaban J connectivity index is 0.926. The van der Waals surface area contributed by atoms with Crippen molar-refractivity contribution in [3.8, 4) is 84.5 Å². The second-order valence-electron chi connectivity index (χ2n) is 14.0. The molecule has 268 valence electrons. The predicted octanol–water partition coefficient (Wildman–Crippen LogP) is 12.9. The number of para-hydroxylation sites is 3. The van der Waals surface area contributed by atoms with Crippen molar-refractivity contribution in [2.24, 2.45) is 0 Å². The Morgan fingerprint density at radius 3 is 1.49 bits per heavy atom. The van der Waals surface area contributed by atoms with Gasteiger partial charge in [-0.3, -0.25) is 9.55 Å². The molecule has 10 rings (SSSR count). The van der Waals surface area contributed by atoms with E-state index in [-0.39, 0.29) is 0 Å². The molecule has 0 aliphatic carbocycles. The fraction of sp³-hybridized carbons (Fsp3) is 0. The maximum Gasteiger partial charge on any atom is 0.164 e. The van der Waals surface area contributed by atoms with Gasteiger partial charge in [-0.2, -0.15) is 0 Å². The molecule has 0 atom stereocenters. The van der Waals surface area contributed by atoms with Crippen LogP contribution < -0.4 is 0 Å². The Hall–Kier alpha value is -7.76. The van der Waals surface area contributed by atoms with E-state index >= 15 is 0 Å². The van der Waals surface area contributed by atoms with E-state index in [2.05, 4.69) is 138 Å². The van der Waals surface area contributed by atoms with Crippen molar-refractivity contribution in [2.75, 3.05) is 0 Å². The van der Waals surface area contributed by atoms with Gasteiger partial charge >= 0.3 is 0 Å². The number of nitrogens with zero attached hydrogens (tertiary/aromatic N) is 5. The number of rotatable bonds is 8. The quantitative estimate of drug-likeness (QED) is 0.156. The number of aromatic nitrogens is 5. The second kappa shape index (κ2) is 14.8. The van der Waals surface area contributed by atoms with Gasteiger partial charge < -0.3 is 0 Å². The van der Waals surface area contributed by atoms with Crippen LogP contribution in [-0.2, 0) is 0 Å². The zero-order valence-electron chi connectivity index (χ0n) is 30.9. The van der Waals surface area contributed by atoms with Gasteiger partial charge in [0.25, 0.3) is 0 Å². The van der Waals surface area contributed by atoms with Gasteiger partial charge in [0.05, 0.1) is 22.4 Å². The van der Waals surface area contributed by atoms with E-state index in [0.29, 0.717) is 5.82 Å². The summed E-state index contributed by atoms with van der Waals surface area (Å²) >= 11 is 0. The first-order chi connectivity index (χ1) is 28.2. The lowest BCUT2D eigenvalue weighted by atomic mass is 9.96. The first-order valence-electron chi connectivity index (χ1n) is 19.0. The van der Waals surface area contributed by atoms with Crippen molar-refractivity contribution in [1.82, 2.24) is 24.5 Å². The van der Waals surface area contributed by atoms with Crippen LogP contribution in [0.5, 0.6) is 0 Å². The average Bonchev–Trinajstić information content (AvgIpc) is 3.70. The van der Waals surface area contributed by atoms with Gasteiger partial charge in [0.1, 0.15) is 5.69 Å². The van der Waals surface area contributed by atoms with Gasteiger partial charge in [-0.25, -0.2) is 15.0 Å². The lowest BCUT2D eigenvalue weighted by Gasteiger charge is -2.11. The van der Waals surface area contributed by atoms with Crippen LogP contribution in [-0.4, -0.2) is 24.5 Å². The number of hydrogen-bond acceptors (Lipinski definition) is 4. The van der Waals surface area contributed by atoms with Crippen LogP contribution in [0.2, 0.25) is 0 Å². The Morgan fingerprint density at radius 1 is 0.316 bits per heavy atom. The molecule has 0 aliphatic heterocycles. The minimum atomic E-state index is 0.707. The molecule has 0 bridgehead atoms. The highest BCUT2D eigenvalue weighted by Crippen LogP contribution is 2.34.